The van der Waals surface area contributed by atoms with Gasteiger partial charge in [-0.15, -0.1) is 0 Å². The number of hydrogen-bond donors (Lipinski definition) is 0. The van der Waals surface area contributed by atoms with Crippen molar-refractivity contribution in [1.29, 1.82) is 0 Å². The maximum Gasteiger partial charge on any atom is 1.00 e. The van der Waals surface area contributed by atoms with E-state index in [-0.39, 0.29) is 35.1 Å². The molecule has 0 heterocycles. The average molecular weight is 230 g/mol. The van der Waals surface area contributed by atoms with Gasteiger partial charge in [-0.25, -0.2) is 4.39 Å². The number of hydrogen-bond acceptors (Lipinski definition) is 2. The van der Waals surface area contributed by atoms with Crippen molar-refractivity contribution >= 4 is 5.97 Å². The van der Waals surface area contributed by atoms with E-state index in [4.69, 9.17) is 0 Å². The average Bonchev–Trinajstić information content (AvgIpc) is 2.19. The number of benzene rings is 1. The Morgan fingerprint density at radius 1 is 1.38 bits per heavy atom. The summed E-state index contributed by atoms with van der Waals surface area (Å²) in [6, 6.07) is 1.76. The number of carboxylic acids is 1. The van der Waals surface area contributed by atoms with Crippen molar-refractivity contribution in [2.45, 2.75) is 32.6 Å². The summed E-state index contributed by atoms with van der Waals surface area (Å²) >= 11 is 0. The minimum atomic E-state index is -1.39. The number of halogens is 1. The fourth-order valence-corrected chi connectivity index (χ4v) is 2.24. The van der Waals surface area contributed by atoms with Gasteiger partial charge < -0.3 is 9.90 Å². The standard InChI is InChI=1S/C12H13FO2.Na/c1-7-6-8-4-2-3-5-9(8)10(11(7)13)12(14)15;/h6H,2-5H2,1H3,(H,14,15);/q;+1/p-1. The van der Waals surface area contributed by atoms with Gasteiger partial charge in [0.05, 0.1) is 5.97 Å². The molecule has 0 atom stereocenters. The summed E-state index contributed by atoms with van der Waals surface area (Å²) in [5, 5.41) is 10.9. The van der Waals surface area contributed by atoms with Crippen LogP contribution in [0.15, 0.2) is 6.07 Å². The second kappa shape index (κ2) is 5.30. The molecule has 80 valence electrons. The molecule has 16 heavy (non-hydrogen) atoms. The second-order valence-electron chi connectivity index (χ2n) is 4.01. The quantitative estimate of drug-likeness (QED) is 0.544. The van der Waals surface area contributed by atoms with E-state index in [1.165, 1.54) is 0 Å². The molecule has 4 heteroatoms. The molecular weight excluding hydrogens is 218 g/mol. The molecule has 0 saturated carbocycles. The van der Waals surface area contributed by atoms with Crippen LogP contribution >= 0.6 is 0 Å². The summed E-state index contributed by atoms with van der Waals surface area (Å²) in [5.74, 6) is -2.02. The molecule has 1 aromatic rings. The molecule has 0 fully saturated rings. The van der Waals surface area contributed by atoms with E-state index >= 15 is 0 Å². The van der Waals surface area contributed by atoms with Crippen molar-refractivity contribution in [3.05, 3.63) is 34.1 Å². The van der Waals surface area contributed by atoms with Gasteiger partial charge in [0.2, 0.25) is 0 Å². The first-order valence-corrected chi connectivity index (χ1v) is 5.13. The molecule has 1 aliphatic carbocycles. The molecule has 1 aromatic carbocycles. The number of fused-ring (bicyclic) bond motifs is 1. The zero-order valence-electron chi connectivity index (χ0n) is 9.60. The van der Waals surface area contributed by atoms with E-state index in [0.29, 0.717) is 17.5 Å². The number of carbonyl (C=O) groups is 1. The molecule has 2 rings (SSSR count). The number of carboxylic acid groups (broad SMARTS) is 1. The van der Waals surface area contributed by atoms with Crippen LogP contribution in [0.4, 0.5) is 4.39 Å². The predicted molar refractivity (Wildman–Crippen MR) is 52.1 cm³/mol. The zero-order valence-corrected chi connectivity index (χ0v) is 11.6. The van der Waals surface area contributed by atoms with E-state index < -0.39 is 11.8 Å². The first kappa shape index (κ1) is 13.7. The number of carbonyl (C=O) groups excluding carboxylic acids is 1. The number of aryl methyl sites for hydroxylation is 2. The molecule has 0 N–H and O–H groups in total. The molecule has 0 radical (unpaired) electrons. The fraction of sp³-hybridized carbons (Fsp3) is 0.417. The summed E-state index contributed by atoms with van der Waals surface area (Å²) in [4.78, 5) is 10.9. The smallest absolute Gasteiger partial charge is 0.545 e. The molecule has 0 bridgehead atoms. The van der Waals surface area contributed by atoms with E-state index in [2.05, 4.69) is 0 Å². The van der Waals surface area contributed by atoms with E-state index in [1.807, 2.05) is 0 Å². The molecular formula is C12H12FNaO2. The first-order valence-electron chi connectivity index (χ1n) is 5.13. The van der Waals surface area contributed by atoms with Crippen molar-refractivity contribution in [3.8, 4) is 0 Å². The summed E-state index contributed by atoms with van der Waals surface area (Å²) in [5.41, 5.74) is 1.79. The Labute approximate surface area is 116 Å². The van der Waals surface area contributed by atoms with E-state index in [0.717, 1.165) is 24.8 Å². The third kappa shape index (κ3) is 2.31. The Morgan fingerprint density at radius 2 is 2.00 bits per heavy atom. The molecule has 0 spiro atoms. The summed E-state index contributed by atoms with van der Waals surface area (Å²) < 4.78 is 13.6. The Morgan fingerprint density at radius 3 is 2.62 bits per heavy atom. The fourth-order valence-electron chi connectivity index (χ4n) is 2.24. The molecule has 0 aliphatic heterocycles. The number of aromatic carboxylic acids is 1. The van der Waals surface area contributed by atoms with Crippen LogP contribution in [-0.2, 0) is 12.8 Å². The topological polar surface area (TPSA) is 40.1 Å². The van der Waals surface area contributed by atoms with Gasteiger partial charge in [-0.05, 0) is 49.3 Å². The Kier molecular flexibility index (Phi) is 4.53. The minimum Gasteiger partial charge on any atom is -0.545 e. The van der Waals surface area contributed by atoms with Gasteiger partial charge in [-0.2, -0.15) is 0 Å². The molecule has 0 aromatic heterocycles. The number of rotatable bonds is 1. The maximum absolute atomic E-state index is 13.6. The van der Waals surface area contributed by atoms with Crippen LogP contribution in [0.3, 0.4) is 0 Å². The van der Waals surface area contributed by atoms with Gasteiger partial charge in [0.25, 0.3) is 0 Å². The summed E-state index contributed by atoms with van der Waals surface area (Å²) in [6.45, 7) is 1.59. The van der Waals surface area contributed by atoms with Gasteiger partial charge in [-0.3, -0.25) is 0 Å². The normalized spacial score (nSPS) is 13.9. The third-order valence-electron chi connectivity index (χ3n) is 2.97. The van der Waals surface area contributed by atoms with Gasteiger partial charge >= 0.3 is 29.6 Å². The van der Waals surface area contributed by atoms with Crippen LogP contribution in [0, 0.1) is 12.7 Å². The molecule has 0 unspecified atom stereocenters. The van der Waals surface area contributed by atoms with Crippen LogP contribution < -0.4 is 34.7 Å². The van der Waals surface area contributed by atoms with Crippen molar-refractivity contribution in [2.24, 2.45) is 0 Å². The van der Waals surface area contributed by atoms with Gasteiger partial charge in [0, 0.05) is 5.56 Å². The van der Waals surface area contributed by atoms with Crippen LogP contribution in [0.2, 0.25) is 0 Å². The van der Waals surface area contributed by atoms with Crippen molar-refractivity contribution in [1.82, 2.24) is 0 Å². The van der Waals surface area contributed by atoms with Crippen LogP contribution in [-0.4, -0.2) is 5.97 Å². The molecule has 0 amide bonds. The van der Waals surface area contributed by atoms with Gasteiger partial charge in [0.15, 0.2) is 0 Å². The molecule has 0 saturated heterocycles. The van der Waals surface area contributed by atoms with Crippen LogP contribution in [0.5, 0.6) is 0 Å². The minimum absolute atomic E-state index is 0. The zero-order chi connectivity index (χ0) is 11.0. The van der Waals surface area contributed by atoms with Crippen molar-refractivity contribution in [3.63, 3.8) is 0 Å². The Balaban J connectivity index is 0.00000128. The van der Waals surface area contributed by atoms with Crippen LogP contribution in [0.1, 0.15) is 39.9 Å². The van der Waals surface area contributed by atoms with Gasteiger partial charge in [-0.1, -0.05) is 6.07 Å². The Bertz CT molecular complexity index is 430. The summed E-state index contributed by atoms with van der Waals surface area (Å²) in [6.07, 6.45) is 3.47. The summed E-state index contributed by atoms with van der Waals surface area (Å²) in [7, 11) is 0. The van der Waals surface area contributed by atoms with Gasteiger partial charge in [0.1, 0.15) is 5.82 Å². The van der Waals surface area contributed by atoms with Crippen LogP contribution in [0.25, 0.3) is 0 Å². The predicted octanol–water partition coefficient (Wildman–Crippen LogP) is -1.62. The first-order chi connectivity index (χ1) is 7.11. The largest absolute Gasteiger partial charge is 1.00 e. The van der Waals surface area contributed by atoms with E-state index in [1.54, 1.807) is 13.0 Å². The molecule has 1 aliphatic rings. The Hall–Kier alpha value is -0.380. The molecule has 2 nitrogen and oxygen atoms in total. The SMILES string of the molecule is Cc1cc2c(c(C(=O)[O-])c1F)CCCC2.[Na+]. The monoisotopic (exact) mass is 230 g/mol. The maximum atomic E-state index is 13.6. The second-order valence-corrected chi connectivity index (χ2v) is 4.01. The van der Waals surface area contributed by atoms with E-state index in [9.17, 15) is 14.3 Å². The van der Waals surface area contributed by atoms with Crippen molar-refractivity contribution < 1.29 is 43.8 Å². The van der Waals surface area contributed by atoms with Crippen molar-refractivity contribution in [2.75, 3.05) is 0 Å². The third-order valence-corrected chi connectivity index (χ3v) is 2.97.